The molecule has 2 aromatic carbocycles. The van der Waals surface area contributed by atoms with E-state index in [0.29, 0.717) is 11.3 Å². The first-order valence-electron chi connectivity index (χ1n) is 6.95. The highest BCUT2D eigenvalue weighted by molar-refractivity contribution is 5.94. The van der Waals surface area contributed by atoms with Crippen LogP contribution in [0.3, 0.4) is 0 Å². The molecular weight excluding hydrogens is 304 g/mol. The van der Waals surface area contributed by atoms with Crippen LogP contribution in [0.1, 0.15) is 22.0 Å². The Labute approximate surface area is 132 Å². The smallest absolute Gasteiger partial charge is 0.253 e. The van der Waals surface area contributed by atoms with Crippen molar-refractivity contribution < 1.29 is 23.4 Å². The van der Waals surface area contributed by atoms with Crippen LogP contribution in [0.15, 0.2) is 42.5 Å². The molecule has 0 spiro atoms. The average molecular weight is 321 g/mol. The summed E-state index contributed by atoms with van der Waals surface area (Å²) in [6.45, 7) is 0.0180. The number of rotatable bonds is 5. The minimum Gasteiger partial charge on any atom is -0.497 e. The summed E-state index contributed by atoms with van der Waals surface area (Å²) in [6, 6.07) is 9.74. The Morgan fingerprint density at radius 2 is 1.83 bits per heavy atom. The number of halogens is 2. The van der Waals surface area contributed by atoms with E-state index in [0.717, 1.165) is 12.1 Å². The van der Waals surface area contributed by atoms with Gasteiger partial charge in [0.25, 0.3) is 5.91 Å². The summed E-state index contributed by atoms with van der Waals surface area (Å²) in [7, 11) is 3.02. The zero-order chi connectivity index (χ0) is 17.0. The van der Waals surface area contributed by atoms with Crippen LogP contribution >= 0.6 is 0 Å². The first-order valence-corrected chi connectivity index (χ1v) is 6.95. The summed E-state index contributed by atoms with van der Waals surface area (Å²) < 4.78 is 31.1. The van der Waals surface area contributed by atoms with Crippen LogP contribution in [0.4, 0.5) is 8.78 Å². The maximum atomic E-state index is 13.2. The van der Waals surface area contributed by atoms with Crippen molar-refractivity contribution in [2.45, 2.75) is 6.10 Å². The van der Waals surface area contributed by atoms with Crippen molar-refractivity contribution in [2.75, 3.05) is 20.7 Å². The number of amides is 1. The zero-order valence-corrected chi connectivity index (χ0v) is 12.8. The minimum atomic E-state index is -1.08. The lowest BCUT2D eigenvalue weighted by Gasteiger charge is -2.21. The van der Waals surface area contributed by atoms with E-state index in [4.69, 9.17) is 4.74 Å². The normalized spacial score (nSPS) is 11.9. The van der Waals surface area contributed by atoms with E-state index in [1.54, 1.807) is 31.4 Å². The van der Waals surface area contributed by atoms with Crippen molar-refractivity contribution in [2.24, 2.45) is 0 Å². The molecule has 0 aromatic heterocycles. The fraction of sp³-hybridized carbons (Fsp3) is 0.235. The first kappa shape index (κ1) is 16.9. The maximum Gasteiger partial charge on any atom is 0.253 e. The second-order valence-electron chi connectivity index (χ2n) is 5.10. The Kier molecular flexibility index (Phi) is 5.28. The van der Waals surface area contributed by atoms with Crippen molar-refractivity contribution >= 4 is 5.91 Å². The number of likely N-dealkylation sites (N-methyl/N-ethyl adjacent to an activating group) is 1. The first-order chi connectivity index (χ1) is 10.9. The van der Waals surface area contributed by atoms with Gasteiger partial charge in [-0.2, -0.15) is 0 Å². The minimum absolute atomic E-state index is 0.0180. The molecule has 0 heterocycles. The van der Waals surface area contributed by atoms with Crippen LogP contribution in [0.5, 0.6) is 5.75 Å². The van der Waals surface area contributed by atoms with E-state index in [9.17, 15) is 18.7 Å². The highest BCUT2D eigenvalue weighted by atomic mass is 19.2. The van der Waals surface area contributed by atoms with Crippen LogP contribution in [0.2, 0.25) is 0 Å². The Morgan fingerprint density at radius 1 is 1.17 bits per heavy atom. The molecule has 0 saturated heterocycles. The standard InChI is InChI=1S/C17H17F2NO3/c1-20(17(22)12-5-8-14(18)15(19)9-12)10-16(21)11-3-6-13(23-2)7-4-11/h3-9,16,21H,10H2,1-2H3. The highest BCUT2D eigenvalue weighted by Crippen LogP contribution is 2.19. The molecule has 2 rings (SSSR count). The second-order valence-corrected chi connectivity index (χ2v) is 5.10. The number of hydrogen-bond acceptors (Lipinski definition) is 3. The van der Waals surface area contributed by atoms with Crippen molar-refractivity contribution in [1.29, 1.82) is 0 Å². The molecule has 1 unspecified atom stereocenters. The Bertz CT molecular complexity index is 689. The summed E-state index contributed by atoms with van der Waals surface area (Å²) >= 11 is 0. The lowest BCUT2D eigenvalue weighted by molar-refractivity contribution is 0.0680. The van der Waals surface area contributed by atoms with Gasteiger partial charge in [-0.25, -0.2) is 8.78 Å². The van der Waals surface area contributed by atoms with Crippen LogP contribution in [0, 0.1) is 11.6 Å². The third kappa shape index (κ3) is 4.04. The monoisotopic (exact) mass is 321 g/mol. The maximum absolute atomic E-state index is 13.2. The lowest BCUT2D eigenvalue weighted by Crippen LogP contribution is -2.31. The molecule has 4 nitrogen and oxygen atoms in total. The van der Waals surface area contributed by atoms with Crippen LogP contribution in [0.25, 0.3) is 0 Å². The molecule has 0 fully saturated rings. The van der Waals surface area contributed by atoms with Crippen LogP contribution < -0.4 is 4.74 Å². The molecule has 0 radical (unpaired) electrons. The fourth-order valence-corrected chi connectivity index (χ4v) is 2.12. The van der Waals surface area contributed by atoms with E-state index < -0.39 is 23.6 Å². The second kappa shape index (κ2) is 7.19. The van der Waals surface area contributed by atoms with Gasteiger partial charge in [0.1, 0.15) is 5.75 Å². The molecule has 6 heteroatoms. The highest BCUT2D eigenvalue weighted by Gasteiger charge is 2.18. The number of aliphatic hydroxyl groups excluding tert-OH is 1. The molecule has 1 amide bonds. The molecule has 2 aromatic rings. The topological polar surface area (TPSA) is 49.8 Å². The predicted molar refractivity (Wildman–Crippen MR) is 81.3 cm³/mol. The summed E-state index contributed by atoms with van der Waals surface area (Å²) in [5.41, 5.74) is 0.643. The van der Waals surface area contributed by atoms with E-state index in [1.807, 2.05) is 0 Å². The van der Waals surface area contributed by atoms with Crippen LogP contribution in [-0.2, 0) is 0 Å². The van der Waals surface area contributed by atoms with Crippen molar-refractivity contribution in [3.05, 3.63) is 65.2 Å². The SMILES string of the molecule is COc1ccc(C(O)CN(C)C(=O)c2ccc(F)c(F)c2)cc1. The molecule has 1 N–H and O–H groups in total. The van der Waals surface area contributed by atoms with Gasteiger partial charge in [0, 0.05) is 12.6 Å². The molecule has 0 bridgehead atoms. The largest absolute Gasteiger partial charge is 0.497 e. The Balaban J connectivity index is 2.05. The Morgan fingerprint density at radius 3 is 2.39 bits per heavy atom. The molecule has 23 heavy (non-hydrogen) atoms. The van der Waals surface area contributed by atoms with E-state index in [1.165, 1.54) is 18.0 Å². The molecule has 122 valence electrons. The number of carbonyl (C=O) groups is 1. The number of methoxy groups -OCH3 is 1. The molecule has 0 saturated carbocycles. The predicted octanol–water partition coefficient (Wildman–Crippen LogP) is 2.78. The van der Waals surface area contributed by atoms with Gasteiger partial charge in [0.05, 0.1) is 19.8 Å². The van der Waals surface area contributed by atoms with Gasteiger partial charge >= 0.3 is 0 Å². The zero-order valence-electron chi connectivity index (χ0n) is 12.8. The third-order valence-electron chi connectivity index (χ3n) is 3.46. The summed E-state index contributed by atoms with van der Waals surface area (Å²) in [6.07, 6.45) is -0.903. The van der Waals surface area contributed by atoms with Crippen molar-refractivity contribution in [3.63, 3.8) is 0 Å². The van der Waals surface area contributed by atoms with Gasteiger partial charge in [0.15, 0.2) is 11.6 Å². The van der Waals surface area contributed by atoms with Gasteiger partial charge in [-0.1, -0.05) is 12.1 Å². The lowest BCUT2D eigenvalue weighted by atomic mass is 10.1. The van der Waals surface area contributed by atoms with Gasteiger partial charge in [0.2, 0.25) is 0 Å². The number of benzene rings is 2. The summed E-state index contributed by atoms with van der Waals surface area (Å²) in [5.74, 6) is -1.94. The fourth-order valence-electron chi connectivity index (χ4n) is 2.12. The Hall–Kier alpha value is -2.47. The van der Waals surface area contributed by atoms with Gasteiger partial charge < -0.3 is 14.7 Å². The number of aliphatic hydroxyl groups is 1. The number of nitrogens with zero attached hydrogens (tertiary/aromatic N) is 1. The quantitative estimate of drug-likeness (QED) is 0.921. The summed E-state index contributed by atoms with van der Waals surface area (Å²) in [5, 5.41) is 10.2. The average Bonchev–Trinajstić information content (AvgIpc) is 2.56. The summed E-state index contributed by atoms with van der Waals surface area (Å²) in [4.78, 5) is 13.4. The molecule has 0 aliphatic heterocycles. The number of carbonyl (C=O) groups excluding carboxylic acids is 1. The van der Waals surface area contributed by atoms with E-state index in [2.05, 4.69) is 0 Å². The molecule has 1 atom stereocenters. The molecule has 0 aliphatic carbocycles. The third-order valence-corrected chi connectivity index (χ3v) is 3.46. The molecule has 0 aliphatic rings. The van der Waals surface area contributed by atoms with Gasteiger partial charge in [-0.05, 0) is 35.9 Å². The van der Waals surface area contributed by atoms with E-state index in [-0.39, 0.29) is 12.1 Å². The number of hydrogen-bond donors (Lipinski definition) is 1. The van der Waals surface area contributed by atoms with Gasteiger partial charge in [-0.15, -0.1) is 0 Å². The number of ether oxygens (including phenoxy) is 1. The van der Waals surface area contributed by atoms with Gasteiger partial charge in [-0.3, -0.25) is 4.79 Å². The van der Waals surface area contributed by atoms with E-state index >= 15 is 0 Å². The van der Waals surface area contributed by atoms with Crippen molar-refractivity contribution in [3.8, 4) is 5.75 Å². The van der Waals surface area contributed by atoms with Crippen LogP contribution in [-0.4, -0.2) is 36.6 Å². The van der Waals surface area contributed by atoms with Crippen molar-refractivity contribution in [1.82, 2.24) is 4.90 Å². The molecular formula is C17H17F2NO3.